The quantitative estimate of drug-likeness (QED) is 0.839. The molecule has 88 valence electrons. The highest BCUT2D eigenvalue weighted by Gasteiger charge is 2.20. The molecule has 4 heteroatoms. The Bertz CT molecular complexity index is 639. The van der Waals surface area contributed by atoms with E-state index in [-0.39, 0.29) is 5.56 Å². The number of rotatable bonds is 1. The fourth-order valence-corrected chi connectivity index (χ4v) is 3.31. The van der Waals surface area contributed by atoms with Crippen molar-refractivity contribution in [3.8, 4) is 5.69 Å². The standard InChI is InChI=1S/C13H14N2OS/c1-8-3-4-12(9(2)5-8)15-13(16)10-6-17-7-11(10)14-15/h3-5,14H,6-7H2,1-2H3. The first-order valence-corrected chi connectivity index (χ1v) is 6.80. The van der Waals surface area contributed by atoms with E-state index in [9.17, 15) is 4.79 Å². The minimum absolute atomic E-state index is 0.108. The SMILES string of the molecule is Cc1ccc(-n2[nH]c3c(c2=O)CSC3)c(C)c1. The Balaban J connectivity index is 2.19. The van der Waals surface area contributed by atoms with E-state index in [1.165, 1.54) is 5.56 Å². The van der Waals surface area contributed by atoms with Crippen molar-refractivity contribution in [1.29, 1.82) is 0 Å². The summed E-state index contributed by atoms with van der Waals surface area (Å²) in [6.45, 7) is 4.10. The Morgan fingerprint density at radius 1 is 1.29 bits per heavy atom. The van der Waals surface area contributed by atoms with Gasteiger partial charge in [0.25, 0.3) is 5.56 Å². The van der Waals surface area contributed by atoms with Gasteiger partial charge in [0.1, 0.15) is 0 Å². The number of thioether (sulfide) groups is 1. The molecule has 1 N–H and O–H groups in total. The largest absolute Gasteiger partial charge is 0.294 e. The number of benzene rings is 1. The normalized spacial score (nSPS) is 14.0. The molecule has 0 unspecified atom stereocenters. The van der Waals surface area contributed by atoms with Gasteiger partial charge >= 0.3 is 0 Å². The van der Waals surface area contributed by atoms with Crippen molar-refractivity contribution in [3.05, 3.63) is 50.9 Å². The highest BCUT2D eigenvalue weighted by Crippen LogP contribution is 2.26. The first-order valence-electron chi connectivity index (χ1n) is 5.65. The maximum Gasteiger partial charge on any atom is 0.275 e. The molecule has 3 nitrogen and oxygen atoms in total. The van der Waals surface area contributed by atoms with Gasteiger partial charge in [-0.05, 0) is 25.5 Å². The Hall–Kier alpha value is -1.42. The monoisotopic (exact) mass is 246 g/mol. The average molecular weight is 246 g/mol. The fraction of sp³-hybridized carbons (Fsp3) is 0.308. The van der Waals surface area contributed by atoms with Crippen molar-refractivity contribution < 1.29 is 0 Å². The highest BCUT2D eigenvalue weighted by atomic mass is 32.2. The molecule has 1 aromatic heterocycles. The van der Waals surface area contributed by atoms with Crippen molar-refractivity contribution in [3.63, 3.8) is 0 Å². The number of aromatic nitrogens is 2. The zero-order valence-corrected chi connectivity index (χ0v) is 10.7. The molecule has 1 aliphatic rings. The van der Waals surface area contributed by atoms with Crippen LogP contribution in [0.2, 0.25) is 0 Å². The molecule has 0 saturated carbocycles. The van der Waals surface area contributed by atoms with Crippen LogP contribution >= 0.6 is 11.8 Å². The number of nitrogens with one attached hydrogen (secondary N) is 1. The highest BCUT2D eigenvalue weighted by molar-refractivity contribution is 7.98. The van der Waals surface area contributed by atoms with Gasteiger partial charge in [0.15, 0.2) is 0 Å². The predicted molar refractivity (Wildman–Crippen MR) is 70.9 cm³/mol. The van der Waals surface area contributed by atoms with E-state index in [1.54, 1.807) is 16.4 Å². The molecule has 0 atom stereocenters. The van der Waals surface area contributed by atoms with Crippen LogP contribution in [0.15, 0.2) is 23.0 Å². The molecule has 1 aromatic carbocycles. The van der Waals surface area contributed by atoms with Crippen LogP contribution in [-0.4, -0.2) is 9.78 Å². The summed E-state index contributed by atoms with van der Waals surface area (Å²) in [6, 6.07) is 6.14. The number of aryl methyl sites for hydroxylation is 2. The van der Waals surface area contributed by atoms with Crippen molar-refractivity contribution in [1.82, 2.24) is 9.78 Å². The fourth-order valence-electron chi connectivity index (χ4n) is 2.27. The van der Waals surface area contributed by atoms with Crippen molar-refractivity contribution in [2.75, 3.05) is 0 Å². The van der Waals surface area contributed by atoms with Gasteiger partial charge < -0.3 is 0 Å². The summed E-state index contributed by atoms with van der Waals surface area (Å²) in [4.78, 5) is 12.2. The molecule has 0 radical (unpaired) electrons. The Kier molecular flexibility index (Phi) is 2.40. The van der Waals surface area contributed by atoms with Crippen LogP contribution in [0.1, 0.15) is 22.4 Å². The topological polar surface area (TPSA) is 37.8 Å². The second-order valence-electron chi connectivity index (χ2n) is 4.49. The van der Waals surface area contributed by atoms with Crippen molar-refractivity contribution in [2.45, 2.75) is 25.4 Å². The molecule has 2 heterocycles. The van der Waals surface area contributed by atoms with E-state index in [0.29, 0.717) is 0 Å². The van der Waals surface area contributed by atoms with Crippen LogP contribution in [0.25, 0.3) is 5.69 Å². The third-order valence-corrected chi connectivity index (χ3v) is 4.14. The molecule has 17 heavy (non-hydrogen) atoms. The number of nitrogens with zero attached hydrogens (tertiary/aromatic N) is 1. The molecule has 1 aliphatic heterocycles. The lowest BCUT2D eigenvalue weighted by molar-refractivity contribution is 0.825. The molecule has 0 spiro atoms. The van der Waals surface area contributed by atoms with Crippen molar-refractivity contribution >= 4 is 11.8 Å². The van der Waals surface area contributed by atoms with Crippen LogP contribution in [0.3, 0.4) is 0 Å². The number of aromatic amines is 1. The summed E-state index contributed by atoms with van der Waals surface area (Å²) >= 11 is 1.79. The zero-order valence-electron chi connectivity index (χ0n) is 9.91. The molecule has 3 rings (SSSR count). The number of H-pyrrole nitrogens is 1. The Labute approximate surface area is 104 Å². The maximum absolute atomic E-state index is 12.2. The maximum atomic E-state index is 12.2. The Morgan fingerprint density at radius 2 is 2.12 bits per heavy atom. The van der Waals surface area contributed by atoms with Gasteiger partial charge in [-0.1, -0.05) is 17.7 Å². The van der Waals surface area contributed by atoms with Gasteiger partial charge in [0.05, 0.1) is 16.9 Å². The van der Waals surface area contributed by atoms with E-state index >= 15 is 0 Å². The zero-order chi connectivity index (χ0) is 12.0. The lowest BCUT2D eigenvalue weighted by Crippen LogP contribution is -2.17. The van der Waals surface area contributed by atoms with Crippen LogP contribution in [0.4, 0.5) is 0 Å². The minimum atomic E-state index is 0.108. The van der Waals surface area contributed by atoms with Crippen molar-refractivity contribution in [2.24, 2.45) is 0 Å². The smallest absolute Gasteiger partial charge is 0.275 e. The van der Waals surface area contributed by atoms with Gasteiger partial charge in [-0.25, -0.2) is 4.68 Å². The van der Waals surface area contributed by atoms with E-state index in [1.807, 2.05) is 19.1 Å². The third-order valence-electron chi connectivity index (χ3n) is 3.16. The van der Waals surface area contributed by atoms with Crippen LogP contribution in [0.5, 0.6) is 0 Å². The molecule has 0 saturated heterocycles. The molecular weight excluding hydrogens is 232 g/mol. The molecule has 2 aromatic rings. The van der Waals surface area contributed by atoms with Gasteiger partial charge in [-0.15, -0.1) is 0 Å². The lowest BCUT2D eigenvalue weighted by atomic mass is 10.1. The van der Waals surface area contributed by atoms with Crippen LogP contribution in [-0.2, 0) is 11.5 Å². The number of fused-ring (bicyclic) bond motifs is 1. The molecular formula is C13H14N2OS. The van der Waals surface area contributed by atoms with Gasteiger partial charge in [-0.3, -0.25) is 9.89 Å². The van der Waals surface area contributed by atoms with E-state index in [4.69, 9.17) is 0 Å². The van der Waals surface area contributed by atoms with Gasteiger partial charge in [0, 0.05) is 11.5 Å². The number of hydrogen-bond acceptors (Lipinski definition) is 2. The minimum Gasteiger partial charge on any atom is -0.294 e. The second kappa shape index (κ2) is 3.81. The molecule has 0 bridgehead atoms. The average Bonchev–Trinajstić information content (AvgIpc) is 2.83. The van der Waals surface area contributed by atoms with E-state index in [2.05, 4.69) is 18.1 Å². The summed E-state index contributed by atoms with van der Waals surface area (Å²) in [7, 11) is 0. The first kappa shape index (κ1) is 10.7. The lowest BCUT2D eigenvalue weighted by Gasteiger charge is -2.07. The summed E-state index contributed by atoms with van der Waals surface area (Å²) in [5.74, 6) is 1.76. The van der Waals surface area contributed by atoms with Crippen LogP contribution < -0.4 is 5.56 Å². The van der Waals surface area contributed by atoms with Gasteiger partial charge in [0.2, 0.25) is 0 Å². The summed E-state index contributed by atoms with van der Waals surface area (Å²) in [5, 5.41) is 3.22. The summed E-state index contributed by atoms with van der Waals surface area (Å²) in [6.07, 6.45) is 0. The first-order chi connectivity index (χ1) is 8.16. The summed E-state index contributed by atoms with van der Waals surface area (Å²) in [5.41, 5.74) is 5.43. The Morgan fingerprint density at radius 3 is 2.82 bits per heavy atom. The predicted octanol–water partition coefficient (Wildman–Crippen LogP) is 2.53. The van der Waals surface area contributed by atoms with Crippen LogP contribution in [0, 0.1) is 13.8 Å². The second-order valence-corrected chi connectivity index (χ2v) is 5.48. The molecule has 0 amide bonds. The molecule has 0 fully saturated rings. The summed E-state index contributed by atoms with van der Waals surface area (Å²) < 4.78 is 1.68. The van der Waals surface area contributed by atoms with E-state index in [0.717, 1.165) is 34.0 Å². The van der Waals surface area contributed by atoms with E-state index < -0.39 is 0 Å². The third kappa shape index (κ3) is 1.63. The number of hydrogen-bond donors (Lipinski definition) is 1. The van der Waals surface area contributed by atoms with Gasteiger partial charge in [-0.2, -0.15) is 11.8 Å². The molecule has 0 aliphatic carbocycles.